The summed E-state index contributed by atoms with van der Waals surface area (Å²) in [6.45, 7) is 0.622. The number of carboxylic acid groups (broad SMARTS) is 1. The Bertz CT molecular complexity index is 520. The molecule has 7 heteroatoms. The van der Waals surface area contributed by atoms with Crippen molar-refractivity contribution in [2.45, 2.75) is 13.0 Å². The SMILES string of the molecule is Cn1nccc1CNc1nc(CC(=O)O)cs1. The van der Waals surface area contributed by atoms with Crippen LogP contribution < -0.4 is 5.32 Å². The fourth-order valence-corrected chi connectivity index (χ4v) is 2.07. The van der Waals surface area contributed by atoms with Gasteiger partial charge in [-0.2, -0.15) is 5.10 Å². The van der Waals surface area contributed by atoms with Crippen molar-refractivity contribution in [3.05, 3.63) is 29.0 Å². The van der Waals surface area contributed by atoms with Gasteiger partial charge in [-0.05, 0) is 6.07 Å². The summed E-state index contributed by atoms with van der Waals surface area (Å²) in [5.41, 5.74) is 1.62. The maximum atomic E-state index is 10.5. The van der Waals surface area contributed by atoms with Crippen molar-refractivity contribution in [2.75, 3.05) is 5.32 Å². The first-order valence-corrected chi connectivity index (χ1v) is 5.90. The molecule has 2 aromatic heterocycles. The number of nitrogens with one attached hydrogen (secondary N) is 1. The monoisotopic (exact) mass is 252 g/mol. The number of thiazole rings is 1. The molecule has 0 fully saturated rings. The zero-order valence-electron chi connectivity index (χ0n) is 9.25. The van der Waals surface area contributed by atoms with Crippen molar-refractivity contribution >= 4 is 22.4 Å². The second-order valence-electron chi connectivity index (χ2n) is 3.51. The van der Waals surface area contributed by atoms with E-state index in [2.05, 4.69) is 15.4 Å². The molecule has 17 heavy (non-hydrogen) atoms. The molecule has 0 amide bonds. The summed E-state index contributed by atoms with van der Waals surface area (Å²) in [6.07, 6.45) is 1.69. The van der Waals surface area contributed by atoms with Gasteiger partial charge in [0.05, 0.1) is 24.4 Å². The third-order valence-corrected chi connectivity index (χ3v) is 3.08. The number of rotatable bonds is 5. The van der Waals surface area contributed by atoms with Crippen LogP contribution in [0.25, 0.3) is 0 Å². The fraction of sp³-hybridized carbons (Fsp3) is 0.300. The molecule has 2 heterocycles. The zero-order chi connectivity index (χ0) is 12.3. The summed E-state index contributed by atoms with van der Waals surface area (Å²) < 4.78 is 1.78. The molecule has 2 N–H and O–H groups in total. The largest absolute Gasteiger partial charge is 0.481 e. The van der Waals surface area contributed by atoms with E-state index in [-0.39, 0.29) is 6.42 Å². The summed E-state index contributed by atoms with van der Waals surface area (Å²) in [5, 5.41) is 18.3. The lowest BCUT2D eigenvalue weighted by Gasteiger charge is -2.02. The third kappa shape index (κ3) is 3.04. The maximum absolute atomic E-state index is 10.5. The first-order chi connectivity index (χ1) is 8.15. The van der Waals surface area contributed by atoms with E-state index < -0.39 is 5.97 Å². The van der Waals surface area contributed by atoms with Crippen LogP contribution in [-0.4, -0.2) is 25.8 Å². The van der Waals surface area contributed by atoms with Gasteiger partial charge in [-0.25, -0.2) is 4.98 Å². The Morgan fingerprint density at radius 2 is 2.47 bits per heavy atom. The lowest BCUT2D eigenvalue weighted by molar-refractivity contribution is -0.136. The molecule has 0 atom stereocenters. The van der Waals surface area contributed by atoms with Crippen LogP contribution in [0.15, 0.2) is 17.6 Å². The molecular formula is C10H12N4O2S. The number of nitrogens with zero attached hydrogens (tertiary/aromatic N) is 3. The summed E-state index contributed by atoms with van der Waals surface area (Å²) in [4.78, 5) is 14.7. The van der Waals surface area contributed by atoms with Gasteiger partial charge in [0.25, 0.3) is 0 Å². The van der Waals surface area contributed by atoms with E-state index in [0.717, 1.165) is 10.8 Å². The topological polar surface area (TPSA) is 80.0 Å². The van der Waals surface area contributed by atoms with Gasteiger partial charge >= 0.3 is 5.97 Å². The van der Waals surface area contributed by atoms with Crippen molar-refractivity contribution < 1.29 is 9.90 Å². The molecule has 6 nitrogen and oxygen atoms in total. The van der Waals surface area contributed by atoms with Gasteiger partial charge in [-0.3, -0.25) is 9.48 Å². The second-order valence-corrected chi connectivity index (χ2v) is 4.37. The minimum Gasteiger partial charge on any atom is -0.481 e. The van der Waals surface area contributed by atoms with E-state index in [1.165, 1.54) is 11.3 Å². The van der Waals surface area contributed by atoms with Gasteiger partial charge in [-0.15, -0.1) is 11.3 Å². The number of hydrogen-bond donors (Lipinski definition) is 2. The highest BCUT2D eigenvalue weighted by Crippen LogP contribution is 2.16. The Morgan fingerprint density at radius 1 is 1.65 bits per heavy atom. The van der Waals surface area contributed by atoms with Gasteiger partial charge in [0.2, 0.25) is 0 Å². The van der Waals surface area contributed by atoms with E-state index in [0.29, 0.717) is 12.2 Å². The van der Waals surface area contributed by atoms with E-state index in [4.69, 9.17) is 5.11 Å². The number of aliphatic carboxylic acids is 1. The lowest BCUT2D eigenvalue weighted by Crippen LogP contribution is -2.05. The normalized spacial score (nSPS) is 10.4. The molecular weight excluding hydrogens is 240 g/mol. The standard InChI is InChI=1S/C10H12N4O2S/c1-14-8(2-3-12-14)5-11-10-13-7(6-17-10)4-9(15)16/h2-3,6H,4-5H2,1H3,(H,11,13)(H,15,16). The minimum absolute atomic E-state index is 0.0378. The van der Waals surface area contributed by atoms with Crippen molar-refractivity contribution in [2.24, 2.45) is 7.05 Å². The quantitative estimate of drug-likeness (QED) is 0.833. The fourth-order valence-electron chi connectivity index (χ4n) is 1.37. The van der Waals surface area contributed by atoms with Gasteiger partial charge in [0, 0.05) is 18.6 Å². The van der Waals surface area contributed by atoms with Gasteiger partial charge < -0.3 is 10.4 Å². The third-order valence-electron chi connectivity index (χ3n) is 2.23. The summed E-state index contributed by atoms with van der Waals surface area (Å²) >= 11 is 1.40. The van der Waals surface area contributed by atoms with E-state index >= 15 is 0 Å². The van der Waals surface area contributed by atoms with Gasteiger partial charge in [0.1, 0.15) is 0 Å². The van der Waals surface area contributed by atoms with E-state index in [9.17, 15) is 4.79 Å². The van der Waals surface area contributed by atoms with Crippen LogP contribution in [0.2, 0.25) is 0 Å². The van der Waals surface area contributed by atoms with Crippen LogP contribution >= 0.6 is 11.3 Å². The molecule has 0 radical (unpaired) electrons. The highest BCUT2D eigenvalue weighted by atomic mass is 32.1. The Kier molecular flexibility index (Phi) is 3.38. The minimum atomic E-state index is -0.867. The molecule has 0 aliphatic carbocycles. The maximum Gasteiger partial charge on any atom is 0.309 e. The number of aryl methyl sites for hydroxylation is 1. The predicted octanol–water partition coefficient (Wildman–Crippen LogP) is 1.12. The van der Waals surface area contributed by atoms with Crippen LogP contribution in [0.3, 0.4) is 0 Å². The van der Waals surface area contributed by atoms with E-state index in [1.807, 2.05) is 13.1 Å². The van der Waals surface area contributed by atoms with Crippen LogP contribution in [0, 0.1) is 0 Å². The highest BCUT2D eigenvalue weighted by Gasteiger charge is 2.06. The summed E-state index contributed by atoms with van der Waals surface area (Å²) in [6, 6.07) is 1.92. The number of carboxylic acids is 1. The Balaban J connectivity index is 1.93. The van der Waals surface area contributed by atoms with Gasteiger partial charge in [0.15, 0.2) is 5.13 Å². The van der Waals surface area contributed by atoms with Crippen LogP contribution in [0.5, 0.6) is 0 Å². The zero-order valence-corrected chi connectivity index (χ0v) is 10.1. The number of carbonyl (C=O) groups is 1. The molecule has 0 unspecified atom stereocenters. The molecule has 2 aromatic rings. The average molecular weight is 252 g/mol. The smallest absolute Gasteiger partial charge is 0.309 e. The molecule has 0 aromatic carbocycles. The van der Waals surface area contributed by atoms with Crippen LogP contribution in [0.1, 0.15) is 11.4 Å². The number of hydrogen-bond acceptors (Lipinski definition) is 5. The van der Waals surface area contributed by atoms with Crippen molar-refractivity contribution in [3.63, 3.8) is 0 Å². The molecule has 2 rings (SSSR count). The van der Waals surface area contributed by atoms with Crippen molar-refractivity contribution in [3.8, 4) is 0 Å². The average Bonchev–Trinajstić information content (AvgIpc) is 2.84. The Hall–Kier alpha value is -1.89. The molecule has 0 aliphatic heterocycles. The van der Waals surface area contributed by atoms with Crippen LogP contribution in [-0.2, 0) is 24.8 Å². The predicted molar refractivity (Wildman–Crippen MR) is 64.0 cm³/mol. The van der Waals surface area contributed by atoms with Crippen molar-refractivity contribution in [1.29, 1.82) is 0 Å². The molecule has 0 aliphatic rings. The van der Waals surface area contributed by atoms with Gasteiger partial charge in [-0.1, -0.05) is 0 Å². The first-order valence-electron chi connectivity index (χ1n) is 5.02. The van der Waals surface area contributed by atoms with Crippen LogP contribution in [0.4, 0.5) is 5.13 Å². The Morgan fingerprint density at radius 3 is 3.12 bits per heavy atom. The second kappa shape index (κ2) is 4.96. The molecule has 90 valence electrons. The Labute approximate surface area is 102 Å². The molecule has 0 bridgehead atoms. The lowest BCUT2D eigenvalue weighted by atomic mass is 10.3. The number of anilines is 1. The molecule has 0 saturated carbocycles. The summed E-state index contributed by atoms with van der Waals surface area (Å²) in [5.74, 6) is -0.867. The van der Waals surface area contributed by atoms with Crippen molar-refractivity contribution in [1.82, 2.24) is 14.8 Å². The molecule has 0 saturated heterocycles. The highest BCUT2D eigenvalue weighted by molar-refractivity contribution is 7.13. The first kappa shape index (κ1) is 11.6. The molecule has 0 spiro atoms. The number of aromatic nitrogens is 3. The summed E-state index contributed by atoms with van der Waals surface area (Å²) in [7, 11) is 1.87. The van der Waals surface area contributed by atoms with E-state index in [1.54, 1.807) is 16.3 Å².